The molecule has 2 nitrogen and oxygen atoms in total. The van der Waals surface area contributed by atoms with E-state index in [1.54, 1.807) is 7.11 Å². The quantitative estimate of drug-likeness (QED) is 0.185. The SMILES string of the molecule is [CH2-][C@H](c1ccccc1)C(NCCCc1cc(C)cc(OC)c1)c1ccccc1.[CH3-].[Cl][Ru+3]. The Balaban J connectivity index is 0.00000156. The zero-order valence-electron chi connectivity index (χ0n) is 18.6. The van der Waals surface area contributed by atoms with Crippen molar-refractivity contribution in [2.75, 3.05) is 13.7 Å². The van der Waals surface area contributed by atoms with Gasteiger partial charge in [-0.1, -0.05) is 72.3 Å². The Bertz CT molecular complexity index is 858. The van der Waals surface area contributed by atoms with Crippen LogP contribution in [0.25, 0.3) is 0 Å². The molecule has 2 atom stereocenters. The molecule has 0 aliphatic rings. The molecule has 3 aromatic rings. The van der Waals surface area contributed by atoms with Crippen LogP contribution in [-0.4, -0.2) is 13.7 Å². The van der Waals surface area contributed by atoms with Crippen molar-refractivity contribution in [2.45, 2.75) is 31.7 Å². The van der Waals surface area contributed by atoms with E-state index < -0.39 is 0 Å². The van der Waals surface area contributed by atoms with Gasteiger partial charge in [0.15, 0.2) is 0 Å². The Kier molecular flexibility index (Phi) is 13.4. The van der Waals surface area contributed by atoms with Gasteiger partial charge in [0, 0.05) is 6.04 Å². The summed E-state index contributed by atoms with van der Waals surface area (Å²) in [4.78, 5) is 0. The van der Waals surface area contributed by atoms with Crippen LogP contribution in [0.3, 0.4) is 0 Å². The second kappa shape index (κ2) is 15.2. The molecule has 31 heavy (non-hydrogen) atoms. The number of hydrogen-bond acceptors (Lipinski definition) is 2. The number of rotatable bonds is 9. The molecule has 0 radical (unpaired) electrons. The van der Waals surface area contributed by atoms with Gasteiger partial charge in [0.2, 0.25) is 0 Å². The van der Waals surface area contributed by atoms with E-state index >= 15 is 0 Å². The molecule has 0 aliphatic heterocycles. The third-order valence-electron chi connectivity index (χ3n) is 5.14. The van der Waals surface area contributed by atoms with E-state index in [1.807, 2.05) is 17.3 Å². The monoisotopic (exact) mass is 524 g/mol. The first-order valence-corrected chi connectivity index (χ1v) is 12.4. The fraction of sp³-hybridized carbons (Fsp3) is 0.259. The summed E-state index contributed by atoms with van der Waals surface area (Å²) in [5.74, 6) is 1.09. The molecule has 0 amide bonds. The van der Waals surface area contributed by atoms with Gasteiger partial charge in [-0.2, -0.15) is 0 Å². The topological polar surface area (TPSA) is 21.3 Å². The van der Waals surface area contributed by atoms with E-state index in [2.05, 4.69) is 108 Å². The second-order valence-electron chi connectivity index (χ2n) is 7.32. The second-order valence-corrected chi connectivity index (χ2v) is 7.32. The van der Waals surface area contributed by atoms with Crippen molar-refractivity contribution in [3.8, 4) is 5.75 Å². The molecule has 1 unspecified atom stereocenters. The van der Waals surface area contributed by atoms with E-state index in [-0.39, 0.29) is 19.4 Å². The van der Waals surface area contributed by atoms with E-state index in [0.29, 0.717) is 0 Å². The maximum absolute atomic E-state index is 5.39. The number of hydrogen-bond donors (Lipinski definition) is 1. The molecule has 1 N–H and O–H groups in total. The van der Waals surface area contributed by atoms with Crippen molar-refractivity contribution in [1.29, 1.82) is 0 Å². The molecule has 3 aromatic carbocycles. The summed E-state index contributed by atoms with van der Waals surface area (Å²) in [5, 5.41) is 3.75. The minimum absolute atomic E-state index is 0. The van der Waals surface area contributed by atoms with Crippen LogP contribution in [0.5, 0.6) is 5.75 Å². The number of aryl methyl sites for hydroxylation is 2. The van der Waals surface area contributed by atoms with Gasteiger partial charge in [0.25, 0.3) is 0 Å². The van der Waals surface area contributed by atoms with Crippen molar-refractivity contribution in [1.82, 2.24) is 5.32 Å². The summed E-state index contributed by atoms with van der Waals surface area (Å²) in [7, 11) is 6.29. The van der Waals surface area contributed by atoms with E-state index in [1.165, 1.54) is 22.3 Å². The van der Waals surface area contributed by atoms with Crippen LogP contribution >= 0.6 is 9.69 Å². The number of halogens is 1. The summed E-state index contributed by atoms with van der Waals surface area (Å²) in [6.45, 7) is 7.53. The Labute approximate surface area is 203 Å². The molecular weight excluding hydrogens is 491 g/mol. The van der Waals surface area contributed by atoms with Crippen LogP contribution in [0.2, 0.25) is 0 Å². The molecule has 0 saturated carbocycles. The van der Waals surface area contributed by atoms with Crippen LogP contribution in [0.15, 0.2) is 78.9 Å². The maximum atomic E-state index is 5.39. The Morgan fingerprint density at radius 1 is 0.935 bits per heavy atom. The van der Waals surface area contributed by atoms with Crippen LogP contribution in [0.1, 0.15) is 40.6 Å². The summed E-state index contributed by atoms with van der Waals surface area (Å²) >= 11 is 1.82. The van der Waals surface area contributed by atoms with E-state index in [9.17, 15) is 0 Å². The van der Waals surface area contributed by atoms with Crippen LogP contribution < -0.4 is 10.1 Å². The van der Waals surface area contributed by atoms with Gasteiger partial charge in [-0.15, -0.1) is 5.92 Å². The normalized spacial score (nSPS) is 12.0. The first-order chi connectivity index (χ1) is 14.7. The van der Waals surface area contributed by atoms with E-state index in [4.69, 9.17) is 4.74 Å². The molecule has 0 fully saturated rings. The molecule has 0 saturated heterocycles. The Hall–Kier alpha value is -1.67. The van der Waals surface area contributed by atoms with Crippen LogP contribution in [0.4, 0.5) is 0 Å². The molecule has 0 aliphatic carbocycles. The standard InChI is InChI=1S/C26H30NO.CH3.ClH.Ru/c1-20-17-22(19-25(18-20)28-3)11-10-16-27-26(24-14-8-5-9-15-24)21(2)23-12-6-4-7-13-23;;;/h4-9,12-15,17-19,21,26-27H,2,10-11,16H2,1,3H3;1H3;1H;/q2*-1;;+4/p-1/t21-,26?;;;/m1.../s1. The molecule has 0 aromatic heterocycles. The van der Waals surface area contributed by atoms with Gasteiger partial charge >= 0.3 is 27.0 Å². The zero-order chi connectivity index (χ0) is 21.8. The Morgan fingerprint density at radius 2 is 1.52 bits per heavy atom. The van der Waals surface area contributed by atoms with Crippen molar-refractivity contribution >= 4 is 9.69 Å². The summed E-state index contributed by atoms with van der Waals surface area (Å²) < 4.78 is 5.39. The molecule has 4 heteroatoms. The fourth-order valence-electron chi connectivity index (χ4n) is 3.68. The predicted octanol–water partition coefficient (Wildman–Crippen LogP) is 7.02. The fourth-order valence-corrected chi connectivity index (χ4v) is 3.68. The van der Waals surface area contributed by atoms with Gasteiger partial charge in [0.05, 0.1) is 7.11 Å². The first kappa shape index (κ1) is 27.4. The number of benzene rings is 3. The third kappa shape index (κ3) is 8.77. The van der Waals surface area contributed by atoms with Gasteiger partial charge in [-0.3, -0.25) is 0 Å². The number of ether oxygens (including phenoxy) is 1. The predicted molar refractivity (Wildman–Crippen MR) is 130 cm³/mol. The van der Waals surface area contributed by atoms with Gasteiger partial charge in [-0.05, 0) is 55.1 Å². The minimum atomic E-state index is 0. The summed E-state index contributed by atoms with van der Waals surface area (Å²) in [5.41, 5.74) is 5.10. The molecular formula is C27H33ClNORu+. The molecule has 0 heterocycles. The first-order valence-electron chi connectivity index (χ1n) is 10.1. The molecule has 3 rings (SSSR count). The van der Waals surface area contributed by atoms with Crippen LogP contribution in [-0.2, 0) is 23.7 Å². The zero-order valence-corrected chi connectivity index (χ0v) is 21.1. The average molecular weight is 524 g/mol. The summed E-state index contributed by atoms with van der Waals surface area (Å²) in [6.07, 6.45) is 2.09. The van der Waals surface area contributed by atoms with Gasteiger partial charge in [-0.25, -0.2) is 0 Å². The number of nitrogens with one attached hydrogen (secondary N) is 1. The van der Waals surface area contributed by atoms with Crippen molar-refractivity contribution < 1.29 is 22.0 Å². The van der Waals surface area contributed by atoms with E-state index in [0.717, 1.165) is 25.1 Å². The molecule has 0 bridgehead atoms. The van der Waals surface area contributed by atoms with Crippen LogP contribution in [0, 0.1) is 21.3 Å². The average Bonchev–Trinajstić information content (AvgIpc) is 2.81. The Morgan fingerprint density at radius 3 is 2.10 bits per heavy atom. The van der Waals surface area contributed by atoms with Gasteiger partial charge < -0.3 is 24.4 Å². The third-order valence-corrected chi connectivity index (χ3v) is 5.14. The van der Waals surface area contributed by atoms with Crippen molar-refractivity contribution in [2.24, 2.45) is 0 Å². The summed E-state index contributed by atoms with van der Waals surface area (Å²) in [6, 6.07) is 27.8. The molecule has 0 spiro atoms. The van der Waals surface area contributed by atoms with Crippen molar-refractivity contribution in [3.05, 3.63) is 115 Å². The molecule has 166 valence electrons. The van der Waals surface area contributed by atoms with Gasteiger partial charge in [0.1, 0.15) is 5.75 Å². The number of methoxy groups -OCH3 is 1. The van der Waals surface area contributed by atoms with Crippen molar-refractivity contribution in [3.63, 3.8) is 0 Å².